The Morgan fingerprint density at radius 3 is 1.95 bits per heavy atom. The third-order valence-corrected chi connectivity index (χ3v) is 4.15. The molecular formula is C22H34. The van der Waals surface area contributed by atoms with Crippen LogP contribution in [0, 0.1) is 5.41 Å². The van der Waals surface area contributed by atoms with Gasteiger partial charge in [-0.2, -0.15) is 0 Å². The number of hydrogen-bond donors (Lipinski definition) is 0. The van der Waals surface area contributed by atoms with Crippen molar-refractivity contribution >= 4 is 0 Å². The van der Waals surface area contributed by atoms with Crippen LogP contribution < -0.4 is 0 Å². The zero-order chi connectivity index (χ0) is 17.5. The highest BCUT2D eigenvalue weighted by Gasteiger charge is 2.14. The molecule has 0 unspecified atom stereocenters. The zero-order valence-corrected chi connectivity index (χ0v) is 15.9. The van der Waals surface area contributed by atoms with Gasteiger partial charge in [-0.05, 0) is 67.4 Å². The van der Waals surface area contributed by atoms with Crippen molar-refractivity contribution in [3.63, 3.8) is 0 Å². The summed E-state index contributed by atoms with van der Waals surface area (Å²) in [7, 11) is 0. The van der Waals surface area contributed by atoms with E-state index >= 15 is 0 Å². The van der Waals surface area contributed by atoms with Crippen LogP contribution in [-0.4, -0.2) is 0 Å². The fourth-order valence-electron chi connectivity index (χ4n) is 2.20. The molecule has 0 N–H and O–H groups in total. The molecule has 0 fully saturated rings. The molecule has 0 saturated heterocycles. The smallest absolute Gasteiger partial charge is 0.0132 e. The van der Waals surface area contributed by atoms with Gasteiger partial charge in [-0.3, -0.25) is 0 Å². The summed E-state index contributed by atoms with van der Waals surface area (Å²) in [5.74, 6) is 0. The standard InChI is InChI=1S/C22H34/c1-11-16(4)17(5)14-18(6)19(7)20(12-2)15-21(13-3)22(8,9)10/h12-15H,3-4,11H2,1-2,5-10H3/b17-14-,19-18+,20-12+,21-15+. The number of hydrogen-bond acceptors (Lipinski definition) is 0. The maximum atomic E-state index is 4.11. The fraction of sp³-hybridized carbons (Fsp3) is 0.455. The molecule has 0 radical (unpaired) electrons. The second-order valence-electron chi connectivity index (χ2n) is 6.89. The normalized spacial score (nSPS) is 15.5. The first-order chi connectivity index (χ1) is 10.1. The molecule has 0 spiro atoms. The van der Waals surface area contributed by atoms with Crippen LogP contribution in [0.25, 0.3) is 0 Å². The summed E-state index contributed by atoms with van der Waals surface area (Å²) in [5.41, 5.74) is 7.67. The Morgan fingerprint density at radius 2 is 1.59 bits per heavy atom. The quantitative estimate of drug-likeness (QED) is 0.450. The van der Waals surface area contributed by atoms with E-state index in [-0.39, 0.29) is 5.41 Å². The van der Waals surface area contributed by atoms with Crippen LogP contribution in [0.4, 0.5) is 0 Å². The molecule has 0 aliphatic rings. The number of allylic oxidation sites excluding steroid dienone is 10. The monoisotopic (exact) mass is 298 g/mol. The Labute approximate surface area is 138 Å². The highest BCUT2D eigenvalue weighted by Crippen LogP contribution is 2.29. The summed E-state index contributed by atoms with van der Waals surface area (Å²) >= 11 is 0. The lowest BCUT2D eigenvalue weighted by atomic mass is 9.84. The van der Waals surface area contributed by atoms with Crippen molar-refractivity contribution in [3.8, 4) is 0 Å². The molecule has 0 atom stereocenters. The molecule has 0 bridgehead atoms. The maximum absolute atomic E-state index is 4.11. The second kappa shape index (κ2) is 8.78. The van der Waals surface area contributed by atoms with Gasteiger partial charge < -0.3 is 0 Å². The second-order valence-corrected chi connectivity index (χ2v) is 6.89. The first kappa shape index (κ1) is 20.4. The lowest BCUT2D eigenvalue weighted by Gasteiger charge is -2.21. The summed E-state index contributed by atoms with van der Waals surface area (Å²) in [4.78, 5) is 0. The van der Waals surface area contributed by atoms with Gasteiger partial charge in [-0.25, -0.2) is 0 Å². The minimum absolute atomic E-state index is 0.104. The Bertz CT molecular complexity index is 537. The van der Waals surface area contributed by atoms with E-state index in [1.54, 1.807) is 0 Å². The van der Waals surface area contributed by atoms with Crippen LogP contribution >= 0.6 is 0 Å². The first-order valence-corrected chi connectivity index (χ1v) is 8.13. The van der Waals surface area contributed by atoms with Crippen LogP contribution in [0.1, 0.15) is 61.8 Å². The maximum Gasteiger partial charge on any atom is -0.0132 e. The lowest BCUT2D eigenvalue weighted by molar-refractivity contribution is 0.517. The topological polar surface area (TPSA) is 0 Å². The molecule has 0 amide bonds. The summed E-state index contributed by atoms with van der Waals surface area (Å²) in [5, 5.41) is 0. The van der Waals surface area contributed by atoms with Gasteiger partial charge in [-0.15, -0.1) is 0 Å². The summed E-state index contributed by atoms with van der Waals surface area (Å²) < 4.78 is 0. The van der Waals surface area contributed by atoms with E-state index in [1.807, 2.05) is 6.08 Å². The zero-order valence-electron chi connectivity index (χ0n) is 15.9. The predicted octanol–water partition coefficient (Wildman–Crippen LogP) is 7.34. The third kappa shape index (κ3) is 6.05. The Kier molecular flexibility index (Phi) is 8.16. The average molecular weight is 299 g/mol. The predicted molar refractivity (Wildman–Crippen MR) is 103 cm³/mol. The molecule has 0 aromatic heterocycles. The molecule has 0 aliphatic heterocycles. The first-order valence-electron chi connectivity index (χ1n) is 8.13. The van der Waals surface area contributed by atoms with Gasteiger partial charge in [0.2, 0.25) is 0 Å². The highest BCUT2D eigenvalue weighted by molar-refractivity contribution is 5.48. The molecule has 0 heteroatoms. The van der Waals surface area contributed by atoms with Crippen LogP contribution in [0.3, 0.4) is 0 Å². The minimum atomic E-state index is 0.104. The van der Waals surface area contributed by atoms with E-state index in [1.165, 1.54) is 33.4 Å². The Morgan fingerprint density at radius 1 is 1.05 bits per heavy atom. The molecule has 0 aromatic carbocycles. The van der Waals surface area contributed by atoms with Crippen molar-refractivity contribution in [1.82, 2.24) is 0 Å². The van der Waals surface area contributed by atoms with Crippen LogP contribution in [0.2, 0.25) is 0 Å². The summed E-state index contributed by atoms with van der Waals surface area (Å²) in [6, 6.07) is 0. The van der Waals surface area contributed by atoms with Gasteiger partial charge in [0.15, 0.2) is 0 Å². The molecule has 0 saturated carbocycles. The van der Waals surface area contributed by atoms with E-state index in [4.69, 9.17) is 0 Å². The molecule has 0 rings (SSSR count). The summed E-state index contributed by atoms with van der Waals surface area (Å²) in [6.45, 7) is 25.5. The van der Waals surface area contributed by atoms with Crippen LogP contribution in [-0.2, 0) is 0 Å². The molecular weight excluding hydrogens is 264 g/mol. The van der Waals surface area contributed by atoms with Gasteiger partial charge in [-0.1, -0.05) is 70.7 Å². The van der Waals surface area contributed by atoms with Crippen LogP contribution in [0.15, 0.2) is 70.9 Å². The molecule has 0 nitrogen and oxygen atoms in total. The Hall–Kier alpha value is -1.56. The van der Waals surface area contributed by atoms with Gasteiger partial charge >= 0.3 is 0 Å². The van der Waals surface area contributed by atoms with E-state index < -0.39 is 0 Å². The fourth-order valence-corrected chi connectivity index (χ4v) is 2.20. The van der Waals surface area contributed by atoms with Crippen molar-refractivity contribution in [2.24, 2.45) is 5.41 Å². The molecule has 0 aromatic rings. The van der Waals surface area contributed by atoms with Crippen molar-refractivity contribution < 1.29 is 0 Å². The average Bonchev–Trinajstić information content (AvgIpc) is 2.45. The van der Waals surface area contributed by atoms with E-state index in [9.17, 15) is 0 Å². The SMILES string of the molecule is C=C\C(=C/C(=C\C)C(/C)=C(C)/C=C(/C)C(=C)CC)C(C)(C)C. The van der Waals surface area contributed by atoms with E-state index in [0.717, 1.165) is 6.42 Å². The van der Waals surface area contributed by atoms with E-state index in [0.29, 0.717) is 0 Å². The van der Waals surface area contributed by atoms with Crippen LogP contribution in [0.5, 0.6) is 0 Å². The van der Waals surface area contributed by atoms with Crippen molar-refractivity contribution in [2.45, 2.75) is 61.8 Å². The lowest BCUT2D eigenvalue weighted by Crippen LogP contribution is -2.07. The minimum Gasteiger partial charge on any atom is -0.0988 e. The van der Waals surface area contributed by atoms with Gasteiger partial charge in [0.25, 0.3) is 0 Å². The largest absolute Gasteiger partial charge is 0.0988 e. The van der Waals surface area contributed by atoms with Gasteiger partial charge in [0.1, 0.15) is 0 Å². The molecule has 122 valence electrons. The van der Waals surface area contributed by atoms with Gasteiger partial charge in [0, 0.05) is 0 Å². The number of rotatable bonds is 6. The molecule has 22 heavy (non-hydrogen) atoms. The highest BCUT2D eigenvalue weighted by atomic mass is 14.2. The van der Waals surface area contributed by atoms with Crippen molar-refractivity contribution in [2.75, 3.05) is 0 Å². The molecule has 0 aliphatic carbocycles. The van der Waals surface area contributed by atoms with Crippen molar-refractivity contribution in [3.05, 3.63) is 70.9 Å². The molecule has 0 heterocycles. The Balaban J connectivity index is 5.78. The third-order valence-electron chi connectivity index (χ3n) is 4.15. The van der Waals surface area contributed by atoms with Crippen molar-refractivity contribution in [1.29, 1.82) is 0 Å². The summed E-state index contributed by atoms with van der Waals surface area (Å²) in [6.07, 6.45) is 9.63. The van der Waals surface area contributed by atoms with Gasteiger partial charge in [0.05, 0.1) is 0 Å². The van der Waals surface area contributed by atoms with E-state index in [2.05, 4.69) is 86.8 Å².